The van der Waals surface area contributed by atoms with Crippen LogP contribution in [0.2, 0.25) is 58.9 Å². The molecule has 0 rings (SSSR count). The van der Waals surface area contributed by atoms with Gasteiger partial charge in [0.05, 0.1) is 0 Å². The Morgan fingerprint density at radius 1 is 0.800 bits per heavy atom. The van der Waals surface area contributed by atoms with Gasteiger partial charge >= 0.3 is 15.0 Å². The van der Waals surface area contributed by atoms with Gasteiger partial charge in [0.2, 0.25) is 0 Å². The molecule has 1 atom stereocenters. The second kappa shape index (κ2) is 8.74. The molecule has 0 N–H and O–H groups in total. The van der Waals surface area contributed by atoms with E-state index in [9.17, 15) is 4.79 Å². The highest BCUT2D eigenvalue weighted by atomic mass is 28.5. The Hall–Kier alpha value is -0.0825. The van der Waals surface area contributed by atoms with Crippen molar-refractivity contribution in [2.24, 2.45) is 0 Å². The van der Waals surface area contributed by atoms with Crippen LogP contribution in [0.5, 0.6) is 0 Å². The van der Waals surface area contributed by atoms with Crippen molar-refractivity contribution < 1.29 is 26.3 Å². The molecule has 0 aromatic carbocycles. The average molecular weight is 425 g/mol. The van der Waals surface area contributed by atoms with Gasteiger partial charge in [-0.05, 0) is 72.8 Å². The van der Waals surface area contributed by atoms with E-state index in [0.29, 0.717) is 5.57 Å². The van der Waals surface area contributed by atoms with Crippen LogP contribution in [0.1, 0.15) is 13.8 Å². The van der Waals surface area contributed by atoms with Crippen LogP contribution in [-0.4, -0.2) is 46.3 Å². The van der Waals surface area contributed by atoms with Gasteiger partial charge in [-0.1, -0.05) is 6.58 Å². The summed E-state index contributed by atoms with van der Waals surface area (Å²) in [7, 11) is -9.63. The van der Waals surface area contributed by atoms with Crippen molar-refractivity contribution in [3.8, 4) is 0 Å². The SMILES string of the molecule is C=C(C)C(=O)OC(C)O[Si](O[Si](C)(C)C)(O[Si](C)(C)C)O[Si](C)(C)C. The summed E-state index contributed by atoms with van der Waals surface area (Å²) in [5.74, 6) is -0.510. The van der Waals surface area contributed by atoms with E-state index < -0.39 is 46.3 Å². The van der Waals surface area contributed by atoms with Gasteiger partial charge in [0, 0.05) is 5.57 Å². The van der Waals surface area contributed by atoms with Crippen LogP contribution >= 0.6 is 0 Å². The van der Waals surface area contributed by atoms with Gasteiger partial charge in [-0.15, -0.1) is 0 Å². The fourth-order valence-electron chi connectivity index (χ4n) is 1.74. The fraction of sp³-hybridized carbons (Fsp3) is 0.800. The van der Waals surface area contributed by atoms with Gasteiger partial charge in [0.15, 0.2) is 31.2 Å². The van der Waals surface area contributed by atoms with Crippen molar-refractivity contribution in [1.82, 2.24) is 0 Å². The average Bonchev–Trinajstić information content (AvgIpc) is 2.18. The predicted molar refractivity (Wildman–Crippen MR) is 111 cm³/mol. The molecule has 0 bridgehead atoms. The van der Waals surface area contributed by atoms with Crippen molar-refractivity contribution in [3.05, 3.63) is 12.2 Å². The number of ether oxygens (including phenoxy) is 1. The molecule has 10 heteroatoms. The van der Waals surface area contributed by atoms with E-state index in [2.05, 4.69) is 65.5 Å². The molecular formula is C15H36O6Si4. The highest BCUT2D eigenvalue weighted by molar-refractivity contribution is 6.87. The molecule has 0 radical (unpaired) electrons. The Labute approximate surface area is 157 Å². The van der Waals surface area contributed by atoms with Gasteiger partial charge in [-0.25, -0.2) is 4.79 Å². The molecule has 0 aromatic heterocycles. The molecule has 0 saturated carbocycles. The standard InChI is InChI=1S/C15H36O6Si4/c1-13(2)15(16)17-14(3)18-25(19-22(4,5)6,20-23(7,8)9)21-24(10,11)12/h14H,1H2,2-12H3. The number of carbonyl (C=O) groups is 1. The zero-order valence-electron chi connectivity index (χ0n) is 17.7. The minimum absolute atomic E-state index is 0.311. The highest BCUT2D eigenvalue weighted by Crippen LogP contribution is 2.28. The third-order valence-corrected chi connectivity index (χ3v) is 13.2. The molecule has 0 spiro atoms. The van der Waals surface area contributed by atoms with Gasteiger partial charge < -0.3 is 21.5 Å². The van der Waals surface area contributed by atoms with E-state index in [1.54, 1.807) is 13.8 Å². The maximum atomic E-state index is 11.8. The number of hydrogen-bond acceptors (Lipinski definition) is 6. The number of esters is 1. The van der Waals surface area contributed by atoms with Crippen LogP contribution in [0.3, 0.4) is 0 Å². The van der Waals surface area contributed by atoms with Crippen molar-refractivity contribution >= 4 is 40.0 Å². The second-order valence-corrected chi connectivity index (χ2v) is 25.4. The van der Waals surface area contributed by atoms with Gasteiger partial charge in [-0.3, -0.25) is 0 Å². The lowest BCUT2D eigenvalue weighted by Gasteiger charge is -2.41. The smallest absolute Gasteiger partial charge is 0.434 e. The maximum absolute atomic E-state index is 11.8. The molecule has 148 valence electrons. The molecule has 0 aliphatic rings. The highest BCUT2D eigenvalue weighted by Gasteiger charge is 2.55. The van der Waals surface area contributed by atoms with Gasteiger partial charge in [0.1, 0.15) is 0 Å². The molecule has 6 nitrogen and oxygen atoms in total. The number of hydrogen-bond donors (Lipinski definition) is 0. The summed E-state index contributed by atoms with van der Waals surface area (Å²) >= 11 is 0. The van der Waals surface area contributed by atoms with Crippen LogP contribution in [0, 0.1) is 0 Å². The first-order valence-electron chi connectivity index (χ1n) is 8.49. The van der Waals surface area contributed by atoms with Gasteiger partial charge in [0.25, 0.3) is 0 Å². The molecule has 0 aromatic rings. The molecule has 0 heterocycles. The Balaban J connectivity index is 5.71. The van der Waals surface area contributed by atoms with Crippen molar-refractivity contribution in [2.45, 2.75) is 79.1 Å². The lowest BCUT2D eigenvalue weighted by Crippen LogP contribution is -2.63. The van der Waals surface area contributed by atoms with Crippen molar-refractivity contribution in [2.75, 3.05) is 0 Å². The molecule has 0 saturated heterocycles. The lowest BCUT2D eigenvalue weighted by atomic mass is 10.4. The van der Waals surface area contributed by atoms with Gasteiger partial charge in [-0.2, -0.15) is 0 Å². The first-order chi connectivity index (χ1) is 10.8. The Morgan fingerprint density at radius 3 is 1.36 bits per heavy atom. The third kappa shape index (κ3) is 12.0. The molecule has 25 heavy (non-hydrogen) atoms. The number of rotatable bonds is 10. The summed E-state index contributed by atoms with van der Waals surface area (Å²) in [6.45, 7) is 25.4. The summed E-state index contributed by atoms with van der Waals surface area (Å²) < 4.78 is 30.4. The van der Waals surface area contributed by atoms with E-state index in [0.717, 1.165) is 0 Å². The predicted octanol–water partition coefficient (Wildman–Crippen LogP) is 4.46. The van der Waals surface area contributed by atoms with Crippen LogP contribution in [-0.2, 0) is 26.3 Å². The molecular weight excluding hydrogens is 389 g/mol. The zero-order chi connectivity index (χ0) is 20.3. The quantitative estimate of drug-likeness (QED) is 0.223. The summed E-state index contributed by atoms with van der Waals surface area (Å²) in [5.41, 5.74) is 0.311. The lowest BCUT2D eigenvalue weighted by molar-refractivity contribution is -0.163. The third-order valence-electron chi connectivity index (χ3n) is 2.23. The van der Waals surface area contributed by atoms with Crippen LogP contribution in [0.15, 0.2) is 12.2 Å². The fourth-order valence-corrected chi connectivity index (χ4v) is 13.4. The van der Waals surface area contributed by atoms with Crippen LogP contribution < -0.4 is 0 Å². The monoisotopic (exact) mass is 424 g/mol. The van der Waals surface area contributed by atoms with E-state index in [4.69, 9.17) is 21.5 Å². The van der Waals surface area contributed by atoms with Crippen molar-refractivity contribution in [1.29, 1.82) is 0 Å². The number of carbonyl (C=O) groups excluding carboxylic acids is 1. The maximum Gasteiger partial charge on any atom is 0.650 e. The summed E-state index contributed by atoms with van der Waals surface area (Å²) in [6.07, 6.45) is -0.847. The van der Waals surface area contributed by atoms with Crippen molar-refractivity contribution in [3.63, 3.8) is 0 Å². The molecule has 1 unspecified atom stereocenters. The van der Waals surface area contributed by atoms with E-state index in [-0.39, 0.29) is 0 Å². The summed E-state index contributed by atoms with van der Waals surface area (Å²) in [4.78, 5) is 11.8. The Kier molecular flexibility index (Phi) is 8.71. The largest absolute Gasteiger partial charge is 0.650 e. The molecule has 0 fully saturated rings. The van der Waals surface area contributed by atoms with E-state index in [1.807, 2.05) is 0 Å². The summed E-state index contributed by atoms with van der Waals surface area (Å²) in [6, 6.07) is 0. The Morgan fingerprint density at radius 2 is 1.12 bits per heavy atom. The molecule has 0 aliphatic heterocycles. The summed E-state index contributed by atoms with van der Waals surface area (Å²) in [5, 5.41) is 0. The molecule has 0 amide bonds. The van der Waals surface area contributed by atoms with E-state index in [1.165, 1.54) is 0 Å². The first-order valence-corrected chi connectivity index (χ1v) is 20.3. The second-order valence-electron chi connectivity index (χ2n) is 9.01. The minimum Gasteiger partial charge on any atom is -0.434 e. The minimum atomic E-state index is -3.49. The zero-order valence-corrected chi connectivity index (χ0v) is 21.7. The van der Waals surface area contributed by atoms with Crippen LogP contribution in [0.4, 0.5) is 0 Å². The van der Waals surface area contributed by atoms with E-state index >= 15 is 0 Å². The van der Waals surface area contributed by atoms with Crippen LogP contribution in [0.25, 0.3) is 0 Å². The molecule has 0 aliphatic carbocycles. The first kappa shape index (κ1) is 24.9. The topological polar surface area (TPSA) is 63.2 Å². The normalized spacial score (nSPS) is 15.0. The Bertz CT molecular complexity index is 435.